The Labute approximate surface area is 354 Å². The van der Waals surface area contributed by atoms with Gasteiger partial charge < -0.3 is 5.32 Å². The number of carbonyl (C=O) groups excluding carboxylic acids is 2. The van der Waals surface area contributed by atoms with Gasteiger partial charge in [0.25, 0.3) is 5.91 Å². The number of halogens is 4. The standard InChI is InChI=1S/C43H37Cl4N5O2S2/c1-24-28(19-38(53)42-49-36-13-15-51(22-39(36)55-42)20-26-9-11-31(44)33(46)17-26)5-3-6-29(24)30-7-4-8-35(25(30)2)48-41(54)43-50-37-14-16-52(23-40(37)56-43)21-27-10-12-32(45)34(47)18-27/h3-12,17-18H,13-16,19-23H2,1-2H3,(H,48,54). The molecule has 286 valence electrons. The molecular formula is C43H37Cl4N5O2S2. The number of hydrogen-bond donors (Lipinski definition) is 1. The lowest BCUT2D eigenvalue weighted by Gasteiger charge is -2.26. The molecular weight excluding hydrogens is 824 g/mol. The smallest absolute Gasteiger partial charge is 0.284 e. The molecule has 2 aliphatic heterocycles. The molecule has 0 radical (unpaired) electrons. The Morgan fingerprint density at radius 3 is 1.80 bits per heavy atom. The molecule has 0 unspecified atom stereocenters. The van der Waals surface area contributed by atoms with Crippen LogP contribution >= 0.6 is 69.1 Å². The maximum atomic E-state index is 13.7. The Bertz CT molecular complexity index is 2330. The second-order valence-electron chi connectivity index (χ2n) is 14.3. The lowest BCUT2D eigenvalue weighted by atomic mass is 9.91. The van der Waals surface area contributed by atoms with Crippen LogP contribution in [0.1, 0.15) is 68.6 Å². The monoisotopic (exact) mass is 859 g/mol. The first-order valence-corrected chi connectivity index (χ1v) is 21.5. The van der Waals surface area contributed by atoms with Crippen molar-refractivity contribution in [1.29, 1.82) is 0 Å². The summed E-state index contributed by atoms with van der Waals surface area (Å²) in [6, 6.07) is 23.5. The van der Waals surface area contributed by atoms with Crippen molar-refractivity contribution in [2.45, 2.75) is 59.3 Å². The van der Waals surface area contributed by atoms with Gasteiger partial charge in [0.05, 0.1) is 31.5 Å². The van der Waals surface area contributed by atoms with Crippen molar-refractivity contribution in [3.05, 3.63) is 152 Å². The Balaban J connectivity index is 0.926. The van der Waals surface area contributed by atoms with E-state index in [0.717, 1.165) is 118 Å². The molecule has 1 amide bonds. The SMILES string of the molecule is Cc1c(CC(=O)c2nc3c(s2)CN(Cc2ccc(Cl)c(Cl)c2)CC3)cccc1-c1cccc(NC(=O)c2nc3c(s2)CN(Cc2ccc(Cl)c(Cl)c2)CC3)c1C. The predicted molar refractivity (Wildman–Crippen MR) is 230 cm³/mol. The van der Waals surface area contributed by atoms with Crippen molar-refractivity contribution < 1.29 is 9.59 Å². The molecule has 0 aliphatic carbocycles. The fourth-order valence-electron chi connectivity index (χ4n) is 7.43. The molecule has 4 heterocycles. The summed E-state index contributed by atoms with van der Waals surface area (Å²) in [7, 11) is 0. The van der Waals surface area contributed by atoms with E-state index >= 15 is 0 Å². The van der Waals surface area contributed by atoms with E-state index in [1.54, 1.807) is 0 Å². The minimum atomic E-state index is -0.222. The van der Waals surface area contributed by atoms with Gasteiger partial charge in [-0.3, -0.25) is 19.4 Å². The molecule has 2 aromatic heterocycles. The molecule has 6 aromatic rings. The molecule has 13 heteroatoms. The third kappa shape index (κ3) is 8.47. The Morgan fingerprint density at radius 2 is 1.21 bits per heavy atom. The van der Waals surface area contributed by atoms with Gasteiger partial charge >= 0.3 is 0 Å². The van der Waals surface area contributed by atoms with E-state index in [1.165, 1.54) is 22.7 Å². The number of nitrogens with one attached hydrogen (secondary N) is 1. The van der Waals surface area contributed by atoms with Crippen LogP contribution in [0.25, 0.3) is 11.1 Å². The average molecular weight is 862 g/mol. The zero-order valence-electron chi connectivity index (χ0n) is 30.7. The Hall–Kier alpha value is -3.64. The average Bonchev–Trinajstić information content (AvgIpc) is 3.81. The van der Waals surface area contributed by atoms with E-state index in [0.29, 0.717) is 30.1 Å². The summed E-state index contributed by atoms with van der Waals surface area (Å²) in [6.07, 6.45) is 1.83. The first-order valence-electron chi connectivity index (χ1n) is 18.3. The maximum absolute atomic E-state index is 13.7. The van der Waals surface area contributed by atoms with Crippen molar-refractivity contribution in [3.8, 4) is 11.1 Å². The van der Waals surface area contributed by atoms with Crippen molar-refractivity contribution in [2.75, 3.05) is 18.4 Å². The zero-order valence-corrected chi connectivity index (χ0v) is 35.4. The third-order valence-electron chi connectivity index (χ3n) is 10.5. The highest BCUT2D eigenvalue weighted by molar-refractivity contribution is 7.14. The summed E-state index contributed by atoms with van der Waals surface area (Å²) in [6.45, 7) is 8.73. The molecule has 0 fully saturated rings. The zero-order chi connectivity index (χ0) is 39.1. The van der Waals surface area contributed by atoms with E-state index in [4.69, 9.17) is 56.4 Å². The summed E-state index contributed by atoms with van der Waals surface area (Å²) in [5.74, 6) is -0.206. The summed E-state index contributed by atoms with van der Waals surface area (Å²) in [5.41, 5.74) is 9.87. The van der Waals surface area contributed by atoms with E-state index in [1.807, 2.05) is 67.6 Å². The molecule has 4 aromatic carbocycles. The highest BCUT2D eigenvalue weighted by atomic mass is 35.5. The van der Waals surface area contributed by atoms with Crippen LogP contribution < -0.4 is 5.32 Å². The van der Waals surface area contributed by atoms with Gasteiger partial charge in [0, 0.05) is 74.0 Å². The Kier molecular flexibility index (Phi) is 11.7. The summed E-state index contributed by atoms with van der Waals surface area (Å²) >= 11 is 27.7. The normalized spacial score (nSPS) is 14.4. The number of ketones is 1. The van der Waals surface area contributed by atoms with Crippen LogP contribution in [0.3, 0.4) is 0 Å². The molecule has 56 heavy (non-hydrogen) atoms. The number of fused-ring (bicyclic) bond motifs is 2. The Morgan fingerprint density at radius 1 is 0.679 bits per heavy atom. The van der Waals surface area contributed by atoms with Gasteiger partial charge in [0.2, 0.25) is 0 Å². The van der Waals surface area contributed by atoms with Gasteiger partial charge in [-0.1, -0.05) is 88.9 Å². The minimum Gasteiger partial charge on any atom is -0.320 e. The first kappa shape index (κ1) is 39.2. The van der Waals surface area contributed by atoms with E-state index in [-0.39, 0.29) is 18.1 Å². The van der Waals surface area contributed by atoms with Crippen LogP contribution in [0.2, 0.25) is 20.1 Å². The summed E-state index contributed by atoms with van der Waals surface area (Å²) in [4.78, 5) is 43.7. The number of amides is 1. The molecule has 8 rings (SSSR count). The van der Waals surface area contributed by atoms with Crippen LogP contribution in [-0.4, -0.2) is 44.5 Å². The highest BCUT2D eigenvalue weighted by Gasteiger charge is 2.26. The molecule has 1 N–H and O–H groups in total. The number of hydrogen-bond acceptors (Lipinski definition) is 8. The second-order valence-corrected chi connectivity index (χ2v) is 18.1. The summed E-state index contributed by atoms with van der Waals surface area (Å²) < 4.78 is 0. The van der Waals surface area contributed by atoms with Crippen molar-refractivity contribution in [1.82, 2.24) is 19.8 Å². The van der Waals surface area contributed by atoms with Crippen molar-refractivity contribution in [3.63, 3.8) is 0 Å². The molecule has 0 spiro atoms. The quantitative estimate of drug-likeness (QED) is 0.138. The van der Waals surface area contributed by atoms with Gasteiger partial charge in [0.15, 0.2) is 15.8 Å². The fraction of sp³-hybridized carbons (Fsp3) is 0.256. The van der Waals surface area contributed by atoms with Crippen LogP contribution in [-0.2, 0) is 45.4 Å². The lowest BCUT2D eigenvalue weighted by molar-refractivity contribution is 0.0990. The number of rotatable bonds is 10. The fourth-order valence-corrected chi connectivity index (χ4v) is 10.2. The number of Topliss-reactive ketones (excluding diaryl/α,β-unsaturated/α-hetero) is 1. The van der Waals surface area contributed by atoms with Gasteiger partial charge in [-0.2, -0.15) is 0 Å². The topological polar surface area (TPSA) is 78.4 Å². The van der Waals surface area contributed by atoms with Gasteiger partial charge in [-0.25, -0.2) is 9.97 Å². The number of nitrogens with zero attached hydrogens (tertiary/aromatic N) is 4. The largest absolute Gasteiger partial charge is 0.320 e. The van der Waals surface area contributed by atoms with Gasteiger partial charge in [-0.05, 0) is 83.1 Å². The predicted octanol–water partition coefficient (Wildman–Crippen LogP) is 11.3. The molecule has 0 saturated heterocycles. The number of benzene rings is 4. The molecule has 0 saturated carbocycles. The molecule has 0 bridgehead atoms. The van der Waals surface area contributed by atoms with Crippen molar-refractivity contribution in [2.24, 2.45) is 0 Å². The minimum absolute atomic E-state index is 0.0158. The molecule has 7 nitrogen and oxygen atoms in total. The van der Waals surface area contributed by atoms with Crippen LogP contribution in [0.15, 0.2) is 72.8 Å². The van der Waals surface area contributed by atoms with Crippen LogP contribution in [0.4, 0.5) is 5.69 Å². The lowest BCUT2D eigenvalue weighted by Crippen LogP contribution is -2.29. The van der Waals surface area contributed by atoms with Gasteiger partial charge in [0.1, 0.15) is 0 Å². The first-order chi connectivity index (χ1) is 27.0. The second kappa shape index (κ2) is 16.7. The molecule has 0 atom stereocenters. The van der Waals surface area contributed by atoms with E-state index < -0.39 is 0 Å². The van der Waals surface area contributed by atoms with E-state index in [9.17, 15) is 9.59 Å². The van der Waals surface area contributed by atoms with Crippen LogP contribution in [0, 0.1) is 13.8 Å². The third-order valence-corrected chi connectivity index (χ3v) is 14.2. The summed E-state index contributed by atoms with van der Waals surface area (Å²) in [5, 5.41) is 6.34. The number of anilines is 1. The maximum Gasteiger partial charge on any atom is 0.284 e. The van der Waals surface area contributed by atoms with E-state index in [2.05, 4.69) is 34.2 Å². The van der Waals surface area contributed by atoms with Crippen molar-refractivity contribution >= 4 is 86.5 Å². The molecule has 2 aliphatic rings. The number of carbonyl (C=O) groups is 2. The van der Waals surface area contributed by atoms with Gasteiger partial charge in [-0.15, -0.1) is 22.7 Å². The number of thiazole rings is 2. The highest BCUT2D eigenvalue weighted by Crippen LogP contribution is 2.35. The number of aromatic nitrogens is 2. The van der Waals surface area contributed by atoms with Crippen LogP contribution in [0.5, 0.6) is 0 Å².